The van der Waals surface area contributed by atoms with Crippen LogP contribution in [0.1, 0.15) is 5.56 Å². The molecule has 27 heavy (non-hydrogen) atoms. The molecule has 1 unspecified atom stereocenters. The highest BCUT2D eigenvalue weighted by Gasteiger charge is 2.12. The number of aromatic nitrogens is 1. The lowest BCUT2D eigenvalue weighted by Crippen LogP contribution is -2.34. The summed E-state index contributed by atoms with van der Waals surface area (Å²) in [4.78, 5) is 6.41. The van der Waals surface area contributed by atoms with E-state index in [1.807, 2.05) is 36.5 Å². The Balaban J connectivity index is 1.50. The van der Waals surface area contributed by atoms with Crippen molar-refractivity contribution in [2.24, 2.45) is 0 Å². The molecule has 0 aliphatic heterocycles. The second-order valence-corrected chi connectivity index (χ2v) is 6.62. The SMILES string of the molecule is COC(COc1ccc(-c2cccnc2)cc1)CN(C)Cc1ccccc1. The number of likely N-dealkylation sites (N-methyl/N-ethyl adjacent to an activating group) is 1. The Hall–Kier alpha value is -2.69. The molecule has 3 aromatic rings. The molecule has 0 fully saturated rings. The number of pyridine rings is 1. The van der Waals surface area contributed by atoms with E-state index in [9.17, 15) is 0 Å². The molecule has 0 saturated carbocycles. The van der Waals surface area contributed by atoms with Crippen molar-refractivity contribution in [3.05, 3.63) is 84.7 Å². The molecule has 1 heterocycles. The lowest BCUT2D eigenvalue weighted by molar-refractivity contribution is 0.0336. The van der Waals surface area contributed by atoms with E-state index < -0.39 is 0 Å². The molecule has 0 spiro atoms. The van der Waals surface area contributed by atoms with Gasteiger partial charge in [0.25, 0.3) is 0 Å². The molecule has 0 aliphatic rings. The summed E-state index contributed by atoms with van der Waals surface area (Å²) in [5.74, 6) is 0.843. The molecule has 0 saturated heterocycles. The van der Waals surface area contributed by atoms with Gasteiger partial charge in [-0.05, 0) is 41.9 Å². The number of benzene rings is 2. The largest absolute Gasteiger partial charge is 0.491 e. The molecule has 1 atom stereocenters. The van der Waals surface area contributed by atoms with Gasteiger partial charge in [-0.25, -0.2) is 0 Å². The fourth-order valence-corrected chi connectivity index (χ4v) is 2.97. The molecule has 4 heteroatoms. The highest BCUT2D eigenvalue weighted by molar-refractivity contribution is 5.62. The number of nitrogens with zero attached hydrogens (tertiary/aromatic N) is 2. The monoisotopic (exact) mass is 362 g/mol. The number of ether oxygens (including phenoxy) is 2. The lowest BCUT2D eigenvalue weighted by Gasteiger charge is -2.23. The van der Waals surface area contributed by atoms with Crippen molar-refractivity contribution in [3.63, 3.8) is 0 Å². The maximum absolute atomic E-state index is 5.93. The second kappa shape index (κ2) is 9.86. The molecule has 140 valence electrons. The van der Waals surface area contributed by atoms with Gasteiger partial charge < -0.3 is 9.47 Å². The minimum atomic E-state index is 0.0108. The third kappa shape index (κ3) is 5.91. The summed E-state index contributed by atoms with van der Waals surface area (Å²) in [5.41, 5.74) is 3.52. The van der Waals surface area contributed by atoms with Crippen molar-refractivity contribution in [2.45, 2.75) is 12.6 Å². The Bertz CT molecular complexity index is 792. The van der Waals surface area contributed by atoms with Crippen LogP contribution in [0.2, 0.25) is 0 Å². The molecule has 0 aliphatic carbocycles. The van der Waals surface area contributed by atoms with Gasteiger partial charge in [-0.15, -0.1) is 0 Å². The minimum absolute atomic E-state index is 0.0108. The average Bonchev–Trinajstić information content (AvgIpc) is 2.73. The van der Waals surface area contributed by atoms with E-state index in [1.54, 1.807) is 13.3 Å². The fourth-order valence-electron chi connectivity index (χ4n) is 2.97. The van der Waals surface area contributed by atoms with Crippen molar-refractivity contribution in [3.8, 4) is 16.9 Å². The third-order valence-corrected chi connectivity index (χ3v) is 4.43. The summed E-state index contributed by atoms with van der Waals surface area (Å²) in [5, 5.41) is 0. The standard InChI is InChI=1S/C23H26N2O2/c1-25(16-19-7-4-3-5-8-19)17-23(26-2)18-27-22-12-10-20(11-13-22)21-9-6-14-24-15-21/h3-15,23H,16-18H2,1-2H3. The molecule has 2 aromatic carbocycles. The zero-order valence-corrected chi connectivity index (χ0v) is 15.9. The summed E-state index contributed by atoms with van der Waals surface area (Å²) in [6.07, 6.45) is 3.65. The van der Waals surface area contributed by atoms with E-state index in [0.717, 1.165) is 30.0 Å². The van der Waals surface area contributed by atoms with Crippen LogP contribution < -0.4 is 4.74 Å². The Kier molecular flexibility index (Phi) is 6.97. The number of methoxy groups -OCH3 is 1. The number of rotatable bonds is 9. The summed E-state index contributed by atoms with van der Waals surface area (Å²) >= 11 is 0. The van der Waals surface area contributed by atoms with Crippen LogP contribution in [-0.4, -0.2) is 43.3 Å². The van der Waals surface area contributed by atoms with Crippen LogP contribution >= 0.6 is 0 Å². The normalized spacial score (nSPS) is 12.1. The van der Waals surface area contributed by atoms with Gasteiger partial charge in [-0.2, -0.15) is 0 Å². The van der Waals surface area contributed by atoms with Crippen LogP contribution in [0.25, 0.3) is 11.1 Å². The van der Waals surface area contributed by atoms with Crippen LogP contribution in [0.15, 0.2) is 79.1 Å². The van der Waals surface area contributed by atoms with Gasteiger partial charge in [0.2, 0.25) is 0 Å². The van der Waals surface area contributed by atoms with E-state index in [0.29, 0.717) is 6.61 Å². The Morgan fingerprint density at radius 1 is 0.926 bits per heavy atom. The van der Waals surface area contributed by atoms with E-state index in [1.165, 1.54) is 5.56 Å². The predicted molar refractivity (Wildman–Crippen MR) is 109 cm³/mol. The van der Waals surface area contributed by atoms with Crippen molar-refractivity contribution < 1.29 is 9.47 Å². The first-order chi connectivity index (χ1) is 13.2. The topological polar surface area (TPSA) is 34.6 Å². The van der Waals surface area contributed by atoms with Gasteiger partial charge in [0.1, 0.15) is 18.5 Å². The lowest BCUT2D eigenvalue weighted by atomic mass is 10.1. The number of hydrogen-bond acceptors (Lipinski definition) is 4. The fraction of sp³-hybridized carbons (Fsp3) is 0.261. The quantitative estimate of drug-likeness (QED) is 0.569. The van der Waals surface area contributed by atoms with Crippen LogP contribution in [0.4, 0.5) is 0 Å². The molecule has 0 N–H and O–H groups in total. The summed E-state index contributed by atoms with van der Waals surface area (Å²) in [6, 6.07) is 22.5. The van der Waals surface area contributed by atoms with Crippen molar-refractivity contribution in [2.75, 3.05) is 27.3 Å². The van der Waals surface area contributed by atoms with Crippen molar-refractivity contribution >= 4 is 0 Å². The van der Waals surface area contributed by atoms with E-state index in [4.69, 9.17) is 9.47 Å². The predicted octanol–water partition coefficient (Wildman–Crippen LogP) is 4.27. The van der Waals surface area contributed by atoms with E-state index >= 15 is 0 Å². The highest BCUT2D eigenvalue weighted by Crippen LogP contribution is 2.21. The summed E-state index contributed by atoms with van der Waals surface area (Å²) in [6.45, 7) is 2.21. The van der Waals surface area contributed by atoms with Crippen LogP contribution in [0.5, 0.6) is 5.75 Å². The minimum Gasteiger partial charge on any atom is -0.491 e. The van der Waals surface area contributed by atoms with E-state index in [-0.39, 0.29) is 6.10 Å². The Labute approximate surface area is 161 Å². The van der Waals surface area contributed by atoms with Gasteiger partial charge in [0, 0.05) is 32.6 Å². The maximum Gasteiger partial charge on any atom is 0.119 e. The van der Waals surface area contributed by atoms with Crippen molar-refractivity contribution in [1.82, 2.24) is 9.88 Å². The molecule has 0 radical (unpaired) electrons. The molecular weight excluding hydrogens is 336 g/mol. The van der Waals surface area contributed by atoms with Gasteiger partial charge >= 0.3 is 0 Å². The third-order valence-electron chi connectivity index (χ3n) is 4.43. The highest BCUT2D eigenvalue weighted by atomic mass is 16.5. The summed E-state index contributed by atoms with van der Waals surface area (Å²) in [7, 11) is 3.83. The van der Waals surface area contributed by atoms with Crippen LogP contribution in [0.3, 0.4) is 0 Å². The maximum atomic E-state index is 5.93. The van der Waals surface area contributed by atoms with Crippen molar-refractivity contribution in [1.29, 1.82) is 0 Å². The zero-order chi connectivity index (χ0) is 18.9. The molecule has 0 bridgehead atoms. The Morgan fingerprint density at radius 2 is 1.70 bits per heavy atom. The van der Waals surface area contributed by atoms with E-state index in [2.05, 4.69) is 53.3 Å². The van der Waals surface area contributed by atoms with Gasteiger partial charge in [0.15, 0.2) is 0 Å². The molecule has 1 aromatic heterocycles. The molecule has 3 rings (SSSR count). The van der Waals surface area contributed by atoms with Gasteiger partial charge in [-0.1, -0.05) is 48.5 Å². The van der Waals surface area contributed by atoms with Gasteiger partial charge in [0.05, 0.1) is 0 Å². The first-order valence-electron chi connectivity index (χ1n) is 9.13. The smallest absolute Gasteiger partial charge is 0.119 e. The van der Waals surface area contributed by atoms with Crippen LogP contribution in [-0.2, 0) is 11.3 Å². The molecular formula is C23H26N2O2. The zero-order valence-electron chi connectivity index (χ0n) is 15.9. The average molecular weight is 362 g/mol. The van der Waals surface area contributed by atoms with Crippen LogP contribution in [0, 0.1) is 0 Å². The first-order valence-corrected chi connectivity index (χ1v) is 9.13. The molecule has 0 amide bonds. The second-order valence-electron chi connectivity index (χ2n) is 6.62. The Morgan fingerprint density at radius 3 is 2.37 bits per heavy atom. The summed E-state index contributed by atoms with van der Waals surface area (Å²) < 4.78 is 11.5. The number of hydrogen-bond donors (Lipinski definition) is 0. The van der Waals surface area contributed by atoms with Gasteiger partial charge in [-0.3, -0.25) is 9.88 Å². The first kappa shape index (κ1) is 19.1. The molecule has 4 nitrogen and oxygen atoms in total.